The Balaban J connectivity index is 1.74. The monoisotopic (exact) mass is 476 g/mol. The SMILES string of the molecule is CC(C)(C)OC(=O)N1CCC(CCCCN2CC(COS(C)(=O)=O)OC2=O)CC1C(=N)N. The van der Waals surface area contributed by atoms with Gasteiger partial charge >= 0.3 is 12.2 Å². The number of unbranched alkanes of at least 4 members (excludes halogenated alkanes) is 1. The van der Waals surface area contributed by atoms with Gasteiger partial charge in [0.2, 0.25) is 0 Å². The fourth-order valence-corrected chi connectivity index (χ4v) is 4.31. The highest BCUT2D eigenvalue weighted by atomic mass is 32.2. The lowest BCUT2D eigenvalue weighted by atomic mass is 9.86. The van der Waals surface area contributed by atoms with Crippen LogP contribution in [0.5, 0.6) is 0 Å². The molecule has 0 aromatic heterocycles. The molecule has 184 valence electrons. The molecule has 11 nitrogen and oxygen atoms in total. The zero-order valence-electron chi connectivity index (χ0n) is 19.3. The van der Waals surface area contributed by atoms with E-state index >= 15 is 0 Å². The highest BCUT2D eigenvalue weighted by Crippen LogP contribution is 2.28. The molecule has 12 heteroatoms. The van der Waals surface area contributed by atoms with Crippen molar-refractivity contribution in [3.63, 3.8) is 0 Å². The van der Waals surface area contributed by atoms with Crippen LogP contribution in [0.15, 0.2) is 0 Å². The number of ether oxygens (including phenoxy) is 2. The lowest BCUT2D eigenvalue weighted by Gasteiger charge is -2.39. The summed E-state index contributed by atoms with van der Waals surface area (Å²) >= 11 is 0. The summed E-state index contributed by atoms with van der Waals surface area (Å²) in [7, 11) is -3.58. The Hall–Kier alpha value is -2.08. The highest BCUT2D eigenvalue weighted by molar-refractivity contribution is 7.85. The normalized spacial score (nSPS) is 24.4. The van der Waals surface area contributed by atoms with Crippen molar-refractivity contribution >= 4 is 28.1 Å². The molecule has 3 unspecified atom stereocenters. The van der Waals surface area contributed by atoms with E-state index in [2.05, 4.69) is 0 Å². The van der Waals surface area contributed by atoms with Gasteiger partial charge in [0, 0.05) is 13.1 Å². The second-order valence-electron chi connectivity index (χ2n) is 9.47. The number of amidine groups is 1. The largest absolute Gasteiger partial charge is 0.444 e. The zero-order chi connectivity index (χ0) is 24.1. The molecule has 0 aromatic rings. The van der Waals surface area contributed by atoms with E-state index in [0.717, 1.165) is 31.9 Å². The summed E-state index contributed by atoms with van der Waals surface area (Å²) in [5.41, 5.74) is 5.16. The summed E-state index contributed by atoms with van der Waals surface area (Å²) in [5.74, 6) is 0.284. The van der Waals surface area contributed by atoms with Crippen molar-refractivity contribution in [2.75, 3.05) is 32.5 Å². The van der Waals surface area contributed by atoms with Gasteiger partial charge in [-0.1, -0.05) is 12.8 Å². The van der Waals surface area contributed by atoms with Crippen LogP contribution >= 0.6 is 0 Å². The van der Waals surface area contributed by atoms with E-state index in [1.807, 2.05) is 0 Å². The number of carbonyl (C=O) groups is 2. The molecule has 3 N–H and O–H groups in total. The topological polar surface area (TPSA) is 152 Å². The van der Waals surface area contributed by atoms with Crippen molar-refractivity contribution in [1.29, 1.82) is 5.41 Å². The highest BCUT2D eigenvalue weighted by Gasteiger charge is 2.36. The minimum atomic E-state index is -3.58. The molecular weight excluding hydrogens is 440 g/mol. The predicted molar refractivity (Wildman–Crippen MR) is 118 cm³/mol. The first-order chi connectivity index (χ1) is 14.7. The fraction of sp³-hybridized carbons (Fsp3) is 0.850. The van der Waals surface area contributed by atoms with Crippen LogP contribution in [0.4, 0.5) is 9.59 Å². The number of hydrogen-bond acceptors (Lipinski definition) is 8. The van der Waals surface area contributed by atoms with E-state index in [1.54, 1.807) is 30.6 Å². The Morgan fingerprint density at radius 2 is 2.00 bits per heavy atom. The van der Waals surface area contributed by atoms with Gasteiger partial charge in [-0.05, 0) is 46.0 Å². The predicted octanol–water partition coefficient (Wildman–Crippen LogP) is 1.91. The molecule has 2 amide bonds. The summed E-state index contributed by atoms with van der Waals surface area (Å²) < 4.78 is 37.4. The van der Waals surface area contributed by atoms with Gasteiger partial charge in [0.15, 0.2) is 0 Å². The van der Waals surface area contributed by atoms with Gasteiger partial charge in [0.25, 0.3) is 10.1 Å². The first-order valence-electron chi connectivity index (χ1n) is 10.9. The maximum atomic E-state index is 12.5. The third-order valence-corrected chi connectivity index (χ3v) is 5.97. The molecular formula is C20H36N4O7S. The average Bonchev–Trinajstić information content (AvgIpc) is 3.01. The maximum absolute atomic E-state index is 12.5. The molecule has 2 heterocycles. The number of amides is 2. The Morgan fingerprint density at radius 3 is 2.59 bits per heavy atom. The first kappa shape index (κ1) is 26.2. The van der Waals surface area contributed by atoms with Gasteiger partial charge in [0.1, 0.15) is 24.1 Å². The minimum absolute atomic E-state index is 0.0391. The summed E-state index contributed by atoms with van der Waals surface area (Å²) in [6, 6.07) is -0.465. The van der Waals surface area contributed by atoms with Crippen LogP contribution in [0.1, 0.15) is 52.9 Å². The maximum Gasteiger partial charge on any atom is 0.410 e. The second kappa shape index (κ2) is 10.7. The first-order valence-corrected chi connectivity index (χ1v) is 12.7. The molecule has 2 saturated heterocycles. The van der Waals surface area contributed by atoms with Gasteiger partial charge in [-0.25, -0.2) is 9.59 Å². The van der Waals surface area contributed by atoms with Gasteiger partial charge in [-0.2, -0.15) is 8.42 Å². The molecule has 3 atom stereocenters. The number of likely N-dealkylation sites (tertiary alicyclic amines) is 1. The molecule has 0 spiro atoms. The average molecular weight is 477 g/mol. The number of carbonyl (C=O) groups excluding carboxylic acids is 2. The molecule has 0 aliphatic carbocycles. The number of hydrogen-bond donors (Lipinski definition) is 2. The van der Waals surface area contributed by atoms with Crippen LogP contribution in [0, 0.1) is 11.3 Å². The number of nitrogens with zero attached hydrogens (tertiary/aromatic N) is 2. The van der Waals surface area contributed by atoms with Crippen molar-refractivity contribution in [3.05, 3.63) is 0 Å². The van der Waals surface area contributed by atoms with Gasteiger partial charge in [-0.15, -0.1) is 0 Å². The van der Waals surface area contributed by atoms with Crippen molar-refractivity contribution in [1.82, 2.24) is 9.80 Å². The van der Waals surface area contributed by atoms with E-state index in [9.17, 15) is 18.0 Å². The Morgan fingerprint density at radius 1 is 1.31 bits per heavy atom. The van der Waals surface area contributed by atoms with Gasteiger partial charge in [0.05, 0.1) is 18.8 Å². The van der Waals surface area contributed by atoms with Crippen molar-refractivity contribution < 1.29 is 31.7 Å². The molecule has 2 fully saturated rings. The lowest BCUT2D eigenvalue weighted by molar-refractivity contribution is 0.0119. The third kappa shape index (κ3) is 8.45. The molecule has 0 saturated carbocycles. The van der Waals surface area contributed by atoms with Crippen LogP contribution in [-0.2, 0) is 23.8 Å². The molecule has 0 aromatic carbocycles. The Bertz CT molecular complexity index is 796. The quantitative estimate of drug-likeness (QED) is 0.221. The van der Waals surface area contributed by atoms with E-state index in [0.29, 0.717) is 32.0 Å². The molecule has 2 rings (SSSR count). The van der Waals surface area contributed by atoms with Crippen LogP contribution in [-0.4, -0.2) is 86.5 Å². The molecule has 0 bridgehead atoms. The minimum Gasteiger partial charge on any atom is -0.444 e. The summed E-state index contributed by atoms with van der Waals surface area (Å²) in [6.07, 6.45) is 3.41. The molecule has 2 aliphatic rings. The Labute approximate surface area is 190 Å². The van der Waals surface area contributed by atoms with Gasteiger partial charge < -0.3 is 20.1 Å². The summed E-state index contributed by atoms with van der Waals surface area (Å²) in [4.78, 5) is 27.5. The summed E-state index contributed by atoms with van der Waals surface area (Å²) in [5, 5.41) is 7.90. The number of nitrogens with one attached hydrogen (secondary N) is 1. The smallest absolute Gasteiger partial charge is 0.410 e. The van der Waals surface area contributed by atoms with Crippen LogP contribution in [0.2, 0.25) is 0 Å². The zero-order valence-corrected chi connectivity index (χ0v) is 20.2. The number of rotatable bonds is 9. The van der Waals surface area contributed by atoms with Gasteiger partial charge in [-0.3, -0.25) is 14.5 Å². The number of nitrogens with two attached hydrogens (primary N) is 1. The van der Waals surface area contributed by atoms with E-state index < -0.39 is 40.1 Å². The molecule has 32 heavy (non-hydrogen) atoms. The number of cyclic esters (lactones) is 1. The Kier molecular flexibility index (Phi) is 8.74. The standard InChI is InChI=1S/C20H36N4O7S/c1-20(2,3)31-19(26)24-10-8-14(11-16(24)17(21)22)7-5-6-9-23-12-15(30-18(23)25)13-29-32(4,27)28/h14-16H,5-13H2,1-4H3,(H3,21,22). The molecule has 2 aliphatic heterocycles. The van der Waals surface area contributed by atoms with Crippen LogP contribution in [0.25, 0.3) is 0 Å². The summed E-state index contributed by atoms with van der Waals surface area (Å²) in [6.45, 7) is 6.54. The van der Waals surface area contributed by atoms with Crippen molar-refractivity contribution in [2.24, 2.45) is 11.7 Å². The fourth-order valence-electron chi connectivity index (χ4n) is 3.91. The third-order valence-electron chi connectivity index (χ3n) is 5.41. The lowest BCUT2D eigenvalue weighted by Crippen LogP contribution is -2.53. The van der Waals surface area contributed by atoms with Crippen molar-refractivity contribution in [2.45, 2.75) is 70.6 Å². The van der Waals surface area contributed by atoms with E-state index in [-0.39, 0.29) is 12.4 Å². The van der Waals surface area contributed by atoms with Crippen LogP contribution in [0.3, 0.4) is 0 Å². The van der Waals surface area contributed by atoms with E-state index in [1.165, 1.54) is 0 Å². The van der Waals surface area contributed by atoms with E-state index in [4.69, 9.17) is 24.8 Å². The number of piperidine rings is 1. The molecule has 0 radical (unpaired) electrons. The van der Waals surface area contributed by atoms with Crippen molar-refractivity contribution in [3.8, 4) is 0 Å². The second-order valence-corrected chi connectivity index (χ2v) is 11.1. The van der Waals surface area contributed by atoms with Crippen LogP contribution < -0.4 is 5.73 Å².